The zero-order valence-electron chi connectivity index (χ0n) is 17.0. The Labute approximate surface area is 158 Å². The van der Waals surface area contributed by atoms with Crippen molar-refractivity contribution in [2.75, 3.05) is 0 Å². The third kappa shape index (κ3) is 2.52. The molecule has 0 radical (unpaired) electrons. The van der Waals surface area contributed by atoms with Crippen LogP contribution in [0.1, 0.15) is 68.9 Å². The molecule has 0 amide bonds. The summed E-state index contributed by atoms with van der Waals surface area (Å²) < 4.78 is 13.0. The highest BCUT2D eigenvalue weighted by Crippen LogP contribution is 2.66. The van der Waals surface area contributed by atoms with Gasteiger partial charge in [0.15, 0.2) is 5.78 Å². The maximum absolute atomic E-state index is 11.8. The molecule has 5 atom stereocenters. The Bertz CT molecular complexity index is 743. The first-order chi connectivity index (χ1) is 12.1. The highest BCUT2D eigenvalue weighted by atomic mass is 16.7. The summed E-state index contributed by atoms with van der Waals surface area (Å²) >= 11 is 0. The van der Waals surface area contributed by atoms with Gasteiger partial charge in [-0.2, -0.15) is 0 Å². The normalized spacial score (nSPS) is 35.6. The van der Waals surface area contributed by atoms with Gasteiger partial charge in [-0.15, -0.1) is 0 Å². The van der Waals surface area contributed by atoms with E-state index in [0.717, 1.165) is 29.9 Å². The van der Waals surface area contributed by atoms with Crippen LogP contribution >= 0.6 is 0 Å². The SMILES string of the molecule is CC(=O)c1cccc(C[C@H](C)B2OC3CC4CC(C4(C)C)[C@]3(C)O2)c1C. The molecule has 4 fully saturated rings. The topological polar surface area (TPSA) is 35.5 Å². The average molecular weight is 354 g/mol. The molecule has 140 valence electrons. The maximum atomic E-state index is 11.8. The third-order valence-electron chi connectivity index (χ3n) is 7.80. The van der Waals surface area contributed by atoms with E-state index in [1.54, 1.807) is 6.92 Å². The Balaban J connectivity index is 1.50. The van der Waals surface area contributed by atoms with Gasteiger partial charge in [0.25, 0.3) is 0 Å². The van der Waals surface area contributed by atoms with Gasteiger partial charge in [0.1, 0.15) is 0 Å². The van der Waals surface area contributed by atoms with Crippen LogP contribution in [0.4, 0.5) is 0 Å². The van der Waals surface area contributed by atoms with E-state index in [2.05, 4.69) is 33.8 Å². The van der Waals surface area contributed by atoms with E-state index in [1.807, 2.05) is 19.1 Å². The van der Waals surface area contributed by atoms with Crippen LogP contribution < -0.4 is 0 Å². The number of carbonyl (C=O) groups excluding carboxylic acids is 1. The molecule has 1 aromatic rings. The lowest BCUT2D eigenvalue weighted by atomic mass is 9.43. The lowest BCUT2D eigenvalue weighted by molar-refractivity contribution is -0.199. The number of Topliss-reactive ketones (excluding diaryl/α,β-unsaturated/α-hetero) is 1. The Morgan fingerprint density at radius 2 is 2.04 bits per heavy atom. The summed E-state index contributed by atoms with van der Waals surface area (Å²) in [7, 11) is -0.152. The summed E-state index contributed by atoms with van der Waals surface area (Å²) in [4.78, 5) is 11.8. The van der Waals surface area contributed by atoms with Gasteiger partial charge >= 0.3 is 7.12 Å². The van der Waals surface area contributed by atoms with E-state index in [0.29, 0.717) is 11.3 Å². The minimum Gasteiger partial charge on any atom is -0.405 e. The lowest BCUT2D eigenvalue weighted by Gasteiger charge is -2.64. The largest absolute Gasteiger partial charge is 0.461 e. The fourth-order valence-electron chi connectivity index (χ4n) is 5.87. The molecule has 2 bridgehead atoms. The van der Waals surface area contributed by atoms with Crippen molar-refractivity contribution in [1.29, 1.82) is 0 Å². The van der Waals surface area contributed by atoms with Crippen molar-refractivity contribution in [2.45, 2.75) is 78.3 Å². The molecule has 0 N–H and O–H groups in total. The summed E-state index contributed by atoms with van der Waals surface area (Å²) in [6, 6.07) is 6.03. The molecule has 1 heterocycles. The first-order valence-corrected chi connectivity index (χ1v) is 10.1. The molecule has 4 heteroatoms. The van der Waals surface area contributed by atoms with E-state index in [4.69, 9.17) is 9.31 Å². The first-order valence-electron chi connectivity index (χ1n) is 10.1. The molecule has 4 aliphatic rings. The molecule has 3 unspecified atom stereocenters. The molecule has 0 spiro atoms. The van der Waals surface area contributed by atoms with Gasteiger partial charge in [-0.25, -0.2) is 0 Å². The summed E-state index contributed by atoms with van der Waals surface area (Å²) in [5.74, 6) is 1.76. The molecule has 1 saturated heterocycles. The van der Waals surface area contributed by atoms with Crippen molar-refractivity contribution in [3.8, 4) is 0 Å². The molecule has 1 aliphatic heterocycles. The number of benzene rings is 1. The monoisotopic (exact) mass is 354 g/mol. The van der Waals surface area contributed by atoms with Crippen LogP contribution in [0.25, 0.3) is 0 Å². The van der Waals surface area contributed by atoms with E-state index in [-0.39, 0.29) is 30.4 Å². The van der Waals surface area contributed by atoms with Gasteiger partial charge < -0.3 is 9.31 Å². The smallest absolute Gasteiger partial charge is 0.405 e. The van der Waals surface area contributed by atoms with E-state index < -0.39 is 0 Å². The van der Waals surface area contributed by atoms with Crippen molar-refractivity contribution in [3.05, 3.63) is 34.9 Å². The standard InChI is InChI=1S/C22H31BO3/c1-13(10-16-8-7-9-18(14(16)2)15(3)24)23-25-20-12-17-11-19(21(17,4)5)22(20,6)26-23/h7-9,13,17,19-20H,10-12H2,1-6H3/t13-,17?,19?,20?,22-/m0/s1. The Morgan fingerprint density at radius 1 is 1.31 bits per heavy atom. The number of hydrogen-bond donors (Lipinski definition) is 0. The van der Waals surface area contributed by atoms with Crippen LogP contribution in [-0.2, 0) is 15.7 Å². The molecule has 3 saturated carbocycles. The summed E-state index contributed by atoms with van der Waals surface area (Å²) in [6.07, 6.45) is 3.51. The molecular weight excluding hydrogens is 323 g/mol. The second-order valence-corrected chi connectivity index (χ2v) is 9.66. The number of ketones is 1. The van der Waals surface area contributed by atoms with E-state index in [9.17, 15) is 4.79 Å². The quantitative estimate of drug-likeness (QED) is 0.572. The van der Waals surface area contributed by atoms with Gasteiger partial charge in [-0.3, -0.25) is 4.79 Å². The maximum Gasteiger partial charge on any atom is 0.461 e. The van der Waals surface area contributed by atoms with Crippen molar-refractivity contribution in [1.82, 2.24) is 0 Å². The summed E-state index contributed by atoms with van der Waals surface area (Å²) in [5, 5.41) is 0. The van der Waals surface area contributed by atoms with Gasteiger partial charge in [-0.05, 0) is 74.2 Å². The van der Waals surface area contributed by atoms with Crippen molar-refractivity contribution >= 4 is 12.9 Å². The zero-order chi connectivity index (χ0) is 18.9. The molecular formula is C22H31BO3. The third-order valence-corrected chi connectivity index (χ3v) is 7.80. The lowest BCUT2D eigenvalue weighted by Crippen LogP contribution is -2.65. The second-order valence-electron chi connectivity index (χ2n) is 9.66. The van der Waals surface area contributed by atoms with Crippen molar-refractivity contribution in [3.63, 3.8) is 0 Å². The van der Waals surface area contributed by atoms with E-state index >= 15 is 0 Å². The second kappa shape index (κ2) is 5.94. The molecule has 3 aliphatic carbocycles. The highest BCUT2D eigenvalue weighted by Gasteiger charge is 2.68. The van der Waals surface area contributed by atoms with Gasteiger partial charge in [0.2, 0.25) is 0 Å². The Morgan fingerprint density at radius 3 is 2.69 bits per heavy atom. The van der Waals surface area contributed by atoms with Crippen LogP contribution in [0.3, 0.4) is 0 Å². The Hall–Kier alpha value is -1.13. The van der Waals surface area contributed by atoms with Crippen molar-refractivity contribution < 1.29 is 14.1 Å². The van der Waals surface area contributed by atoms with Gasteiger partial charge in [0, 0.05) is 5.56 Å². The van der Waals surface area contributed by atoms with Gasteiger partial charge in [0.05, 0.1) is 11.7 Å². The molecule has 0 aromatic heterocycles. The zero-order valence-corrected chi connectivity index (χ0v) is 17.0. The van der Waals surface area contributed by atoms with Crippen molar-refractivity contribution in [2.24, 2.45) is 17.3 Å². The summed E-state index contributed by atoms with van der Waals surface area (Å²) in [5.41, 5.74) is 3.37. The average Bonchev–Trinajstić information content (AvgIpc) is 2.93. The number of carbonyl (C=O) groups is 1. The molecule has 1 aromatic carbocycles. The fraction of sp³-hybridized carbons (Fsp3) is 0.682. The number of rotatable bonds is 4. The van der Waals surface area contributed by atoms with E-state index in [1.165, 1.54) is 12.0 Å². The van der Waals surface area contributed by atoms with Crippen LogP contribution in [0.2, 0.25) is 5.82 Å². The van der Waals surface area contributed by atoms with Gasteiger partial charge in [-0.1, -0.05) is 39.0 Å². The Kier molecular flexibility index (Phi) is 4.17. The minimum atomic E-state index is -0.152. The fourth-order valence-corrected chi connectivity index (χ4v) is 5.87. The first kappa shape index (κ1) is 18.2. The summed E-state index contributed by atoms with van der Waals surface area (Å²) in [6.45, 7) is 13.0. The molecule has 3 nitrogen and oxygen atoms in total. The minimum absolute atomic E-state index is 0.130. The highest BCUT2D eigenvalue weighted by molar-refractivity contribution is 6.47. The molecule has 5 rings (SSSR count). The predicted octanol–water partition coefficient (Wildman–Crippen LogP) is 4.86. The number of hydrogen-bond acceptors (Lipinski definition) is 3. The predicted molar refractivity (Wildman–Crippen MR) is 104 cm³/mol. The van der Waals surface area contributed by atoms with Crippen LogP contribution in [0, 0.1) is 24.2 Å². The van der Waals surface area contributed by atoms with Crippen LogP contribution in [0.15, 0.2) is 18.2 Å². The van der Waals surface area contributed by atoms with Crippen LogP contribution in [-0.4, -0.2) is 24.6 Å². The van der Waals surface area contributed by atoms with Crippen LogP contribution in [0.5, 0.6) is 0 Å². The molecule has 26 heavy (non-hydrogen) atoms.